The Labute approximate surface area is 119 Å². The summed E-state index contributed by atoms with van der Waals surface area (Å²) in [6.45, 7) is 1.06. The van der Waals surface area contributed by atoms with E-state index in [1.165, 1.54) is 0 Å². The largest absolute Gasteiger partial charge is 0.399 e. The molecule has 0 fully saturated rings. The number of benzene rings is 2. The molecular formula is C16H19N3O. The number of carbonyl (C=O) groups excluding carboxylic acids is 1. The van der Waals surface area contributed by atoms with E-state index < -0.39 is 0 Å². The van der Waals surface area contributed by atoms with Crippen LogP contribution in [0.15, 0.2) is 54.6 Å². The van der Waals surface area contributed by atoms with Crippen LogP contribution in [0.1, 0.15) is 5.56 Å². The summed E-state index contributed by atoms with van der Waals surface area (Å²) in [5, 5.41) is 2.87. The van der Waals surface area contributed by atoms with E-state index in [1.807, 2.05) is 66.5 Å². The lowest BCUT2D eigenvalue weighted by atomic mass is 10.2. The molecule has 0 radical (unpaired) electrons. The second kappa shape index (κ2) is 6.73. The van der Waals surface area contributed by atoms with Crippen molar-refractivity contribution in [1.82, 2.24) is 4.90 Å². The van der Waals surface area contributed by atoms with Crippen LogP contribution in [0.3, 0.4) is 0 Å². The van der Waals surface area contributed by atoms with Gasteiger partial charge in [-0.15, -0.1) is 0 Å². The Morgan fingerprint density at radius 3 is 2.40 bits per heavy atom. The number of likely N-dealkylation sites (N-methyl/N-ethyl adjacent to an activating group) is 1. The molecule has 0 spiro atoms. The lowest BCUT2D eigenvalue weighted by molar-refractivity contribution is -0.117. The van der Waals surface area contributed by atoms with Crippen molar-refractivity contribution in [1.29, 1.82) is 0 Å². The quantitative estimate of drug-likeness (QED) is 0.819. The number of nitrogen functional groups attached to an aromatic ring is 1. The summed E-state index contributed by atoms with van der Waals surface area (Å²) < 4.78 is 0. The number of nitrogens with one attached hydrogen (secondary N) is 1. The van der Waals surface area contributed by atoms with Gasteiger partial charge in [0.15, 0.2) is 0 Å². The first-order chi connectivity index (χ1) is 9.63. The van der Waals surface area contributed by atoms with E-state index in [9.17, 15) is 4.79 Å². The number of carbonyl (C=O) groups is 1. The van der Waals surface area contributed by atoms with Gasteiger partial charge < -0.3 is 11.1 Å². The Morgan fingerprint density at radius 1 is 1.10 bits per heavy atom. The third kappa shape index (κ3) is 4.40. The lowest BCUT2D eigenvalue weighted by Crippen LogP contribution is -2.29. The van der Waals surface area contributed by atoms with Crippen LogP contribution >= 0.6 is 0 Å². The van der Waals surface area contributed by atoms with Gasteiger partial charge in [0.25, 0.3) is 0 Å². The summed E-state index contributed by atoms with van der Waals surface area (Å²) in [6, 6.07) is 17.1. The second-order valence-corrected chi connectivity index (χ2v) is 4.83. The highest BCUT2D eigenvalue weighted by atomic mass is 16.2. The Bertz CT molecular complexity index is 552. The van der Waals surface area contributed by atoms with Crippen molar-refractivity contribution in [3.63, 3.8) is 0 Å². The van der Waals surface area contributed by atoms with E-state index in [-0.39, 0.29) is 5.91 Å². The van der Waals surface area contributed by atoms with Crippen LogP contribution < -0.4 is 11.1 Å². The van der Waals surface area contributed by atoms with Gasteiger partial charge >= 0.3 is 0 Å². The number of nitrogens with zero attached hydrogens (tertiary/aromatic N) is 1. The van der Waals surface area contributed by atoms with E-state index in [0.29, 0.717) is 13.1 Å². The van der Waals surface area contributed by atoms with Crippen LogP contribution in [-0.2, 0) is 11.3 Å². The maximum Gasteiger partial charge on any atom is 0.238 e. The Morgan fingerprint density at radius 2 is 1.75 bits per heavy atom. The first kappa shape index (κ1) is 14.1. The molecule has 4 nitrogen and oxygen atoms in total. The smallest absolute Gasteiger partial charge is 0.238 e. The molecule has 3 N–H and O–H groups in total. The molecule has 20 heavy (non-hydrogen) atoms. The first-order valence-corrected chi connectivity index (χ1v) is 6.51. The average molecular weight is 269 g/mol. The highest BCUT2D eigenvalue weighted by Crippen LogP contribution is 2.08. The number of anilines is 2. The summed E-state index contributed by atoms with van der Waals surface area (Å²) >= 11 is 0. The van der Waals surface area contributed by atoms with E-state index in [0.717, 1.165) is 16.9 Å². The van der Waals surface area contributed by atoms with Crippen molar-refractivity contribution < 1.29 is 4.79 Å². The molecule has 4 heteroatoms. The van der Waals surface area contributed by atoms with Gasteiger partial charge in [-0.25, -0.2) is 0 Å². The normalized spacial score (nSPS) is 10.5. The van der Waals surface area contributed by atoms with Crippen molar-refractivity contribution in [2.45, 2.75) is 6.54 Å². The van der Waals surface area contributed by atoms with Crippen LogP contribution in [-0.4, -0.2) is 24.4 Å². The molecule has 1 amide bonds. The highest BCUT2D eigenvalue weighted by molar-refractivity contribution is 5.92. The van der Waals surface area contributed by atoms with E-state index in [4.69, 9.17) is 5.73 Å². The van der Waals surface area contributed by atoms with Gasteiger partial charge in [-0.05, 0) is 36.9 Å². The fourth-order valence-electron chi connectivity index (χ4n) is 1.96. The summed E-state index contributed by atoms with van der Waals surface area (Å²) in [4.78, 5) is 13.9. The molecule has 0 saturated carbocycles. The minimum Gasteiger partial charge on any atom is -0.399 e. The van der Waals surface area contributed by atoms with Crippen molar-refractivity contribution in [2.24, 2.45) is 0 Å². The molecule has 0 bridgehead atoms. The zero-order valence-corrected chi connectivity index (χ0v) is 11.5. The second-order valence-electron chi connectivity index (χ2n) is 4.83. The lowest BCUT2D eigenvalue weighted by Gasteiger charge is -2.16. The molecule has 2 rings (SSSR count). The molecule has 0 saturated heterocycles. The molecule has 0 heterocycles. The van der Waals surface area contributed by atoms with Crippen LogP contribution in [0.25, 0.3) is 0 Å². The number of rotatable bonds is 5. The molecule has 0 atom stereocenters. The van der Waals surface area contributed by atoms with Crippen molar-refractivity contribution >= 4 is 17.3 Å². The maximum absolute atomic E-state index is 11.9. The molecule has 0 aliphatic carbocycles. The molecule has 104 valence electrons. The third-order valence-electron chi connectivity index (χ3n) is 2.90. The van der Waals surface area contributed by atoms with Crippen LogP contribution in [0.5, 0.6) is 0 Å². The molecule has 0 unspecified atom stereocenters. The topological polar surface area (TPSA) is 58.4 Å². The van der Waals surface area contributed by atoms with Crippen molar-refractivity contribution in [3.05, 3.63) is 60.2 Å². The predicted molar refractivity (Wildman–Crippen MR) is 82.3 cm³/mol. The minimum atomic E-state index is -0.0193. The SMILES string of the molecule is CN(CC(=O)Nc1ccccc1)Cc1ccc(N)cc1. The van der Waals surface area contributed by atoms with Gasteiger partial charge in [0.1, 0.15) is 0 Å². The summed E-state index contributed by atoms with van der Waals surface area (Å²) in [5.41, 5.74) is 8.35. The standard InChI is InChI=1S/C16H19N3O/c1-19(11-13-7-9-14(17)10-8-13)12-16(20)18-15-5-3-2-4-6-15/h2-10H,11-12,17H2,1H3,(H,18,20). The first-order valence-electron chi connectivity index (χ1n) is 6.51. The van der Waals surface area contributed by atoms with Gasteiger partial charge in [0.05, 0.1) is 6.54 Å². The Balaban J connectivity index is 1.83. The molecule has 0 aromatic heterocycles. The average Bonchev–Trinajstić information content (AvgIpc) is 2.42. The summed E-state index contributed by atoms with van der Waals surface area (Å²) in [7, 11) is 1.92. The zero-order chi connectivity index (χ0) is 14.4. The van der Waals surface area contributed by atoms with E-state index >= 15 is 0 Å². The van der Waals surface area contributed by atoms with Gasteiger partial charge in [-0.3, -0.25) is 9.69 Å². The maximum atomic E-state index is 11.9. The Kier molecular flexibility index (Phi) is 4.74. The van der Waals surface area contributed by atoms with Gasteiger partial charge in [-0.2, -0.15) is 0 Å². The van der Waals surface area contributed by atoms with Gasteiger partial charge in [0.2, 0.25) is 5.91 Å². The minimum absolute atomic E-state index is 0.0193. The molecule has 2 aromatic carbocycles. The van der Waals surface area contributed by atoms with Crippen molar-refractivity contribution in [2.75, 3.05) is 24.6 Å². The monoisotopic (exact) mass is 269 g/mol. The number of hydrogen-bond acceptors (Lipinski definition) is 3. The van der Waals surface area contributed by atoms with Crippen LogP contribution in [0.2, 0.25) is 0 Å². The molecule has 2 aromatic rings. The Hall–Kier alpha value is -2.33. The van der Waals surface area contributed by atoms with Crippen LogP contribution in [0.4, 0.5) is 11.4 Å². The van der Waals surface area contributed by atoms with Crippen LogP contribution in [0, 0.1) is 0 Å². The zero-order valence-electron chi connectivity index (χ0n) is 11.5. The predicted octanol–water partition coefficient (Wildman–Crippen LogP) is 2.34. The molecular weight excluding hydrogens is 250 g/mol. The van der Waals surface area contributed by atoms with E-state index in [1.54, 1.807) is 0 Å². The number of nitrogens with two attached hydrogens (primary N) is 1. The third-order valence-corrected chi connectivity index (χ3v) is 2.90. The summed E-state index contributed by atoms with van der Waals surface area (Å²) in [6.07, 6.45) is 0. The van der Waals surface area contributed by atoms with Gasteiger partial charge in [-0.1, -0.05) is 30.3 Å². The van der Waals surface area contributed by atoms with Crippen molar-refractivity contribution in [3.8, 4) is 0 Å². The van der Waals surface area contributed by atoms with Gasteiger partial charge in [0, 0.05) is 17.9 Å². The fraction of sp³-hybridized carbons (Fsp3) is 0.188. The number of para-hydroxylation sites is 1. The molecule has 0 aliphatic rings. The summed E-state index contributed by atoms with van der Waals surface area (Å²) in [5.74, 6) is -0.0193. The fourth-order valence-corrected chi connectivity index (χ4v) is 1.96. The number of amides is 1. The van der Waals surface area contributed by atoms with E-state index in [2.05, 4.69) is 5.32 Å². The molecule has 0 aliphatic heterocycles. The highest BCUT2D eigenvalue weighted by Gasteiger charge is 2.07. The number of hydrogen-bond donors (Lipinski definition) is 2.